The average Bonchev–Trinajstić information content (AvgIpc) is 2.18. The first-order chi connectivity index (χ1) is 6.69. The van der Waals surface area contributed by atoms with Crippen molar-refractivity contribution in [3.05, 3.63) is 23.8 Å². The van der Waals surface area contributed by atoms with Gasteiger partial charge in [-0.05, 0) is 25.1 Å². The molecular formula is C10H11NO2S. The Morgan fingerprint density at radius 3 is 2.79 bits per heavy atom. The minimum atomic E-state index is -1.04. The molecule has 0 saturated heterocycles. The highest BCUT2D eigenvalue weighted by atomic mass is 32.2. The van der Waals surface area contributed by atoms with E-state index in [4.69, 9.17) is 10.00 Å². The number of nitriles is 1. The molecule has 0 fully saturated rings. The highest BCUT2D eigenvalue weighted by Gasteiger charge is 2.05. The molecular weight excluding hydrogens is 198 g/mol. The fraction of sp³-hybridized carbons (Fsp3) is 0.300. The van der Waals surface area contributed by atoms with Crippen LogP contribution in [0.1, 0.15) is 12.5 Å². The molecule has 74 valence electrons. The van der Waals surface area contributed by atoms with Crippen molar-refractivity contribution in [1.29, 1.82) is 5.26 Å². The van der Waals surface area contributed by atoms with E-state index < -0.39 is 10.8 Å². The normalized spacial score (nSPS) is 11.8. The van der Waals surface area contributed by atoms with E-state index in [-0.39, 0.29) is 0 Å². The van der Waals surface area contributed by atoms with Crippen LogP contribution in [0.15, 0.2) is 23.1 Å². The van der Waals surface area contributed by atoms with Crippen LogP contribution in [-0.2, 0) is 10.8 Å². The molecule has 0 radical (unpaired) electrons. The van der Waals surface area contributed by atoms with Crippen LogP contribution < -0.4 is 4.74 Å². The van der Waals surface area contributed by atoms with Gasteiger partial charge in [0.2, 0.25) is 0 Å². The highest BCUT2D eigenvalue weighted by molar-refractivity contribution is 7.84. The first-order valence-corrected chi connectivity index (χ1v) is 5.75. The van der Waals surface area contributed by atoms with Crippen LogP contribution in [0.5, 0.6) is 5.75 Å². The zero-order valence-electron chi connectivity index (χ0n) is 8.11. The van der Waals surface area contributed by atoms with Crippen LogP contribution in [0.25, 0.3) is 0 Å². The Bertz CT molecular complexity index is 396. The molecule has 0 amide bonds. The van der Waals surface area contributed by atoms with Gasteiger partial charge in [-0.25, -0.2) is 0 Å². The first kappa shape index (κ1) is 10.7. The molecule has 0 spiro atoms. The summed E-state index contributed by atoms with van der Waals surface area (Å²) < 4.78 is 16.4. The van der Waals surface area contributed by atoms with E-state index in [1.807, 2.05) is 13.0 Å². The maximum Gasteiger partial charge on any atom is 0.138 e. The van der Waals surface area contributed by atoms with Gasteiger partial charge < -0.3 is 4.74 Å². The molecule has 0 aromatic heterocycles. The van der Waals surface area contributed by atoms with Crippen molar-refractivity contribution in [3.63, 3.8) is 0 Å². The Morgan fingerprint density at radius 1 is 1.57 bits per heavy atom. The second-order valence-electron chi connectivity index (χ2n) is 2.66. The predicted octanol–water partition coefficient (Wildman–Crippen LogP) is 1.69. The minimum absolute atomic E-state index is 0.473. The van der Waals surface area contributed by atoms with Gasteiger partial charge in [0.15, 0.2) is 0 Å². The largest absolute Gasteiger partial charge is 0.492 e. The number of hydrogen-bond acceptors (Lipinski definition) is 3. The van der Waals surface area contributed by atoms with Crippen LogP contribution in [0.3, 0.4) is 0 Å². The summed E-state index contributed by atoms with van der Waals surface area (Å²) in [5.41, 5.74) is 0.473. The number of nitrogens with zero attached hydrogens (tertiary/aromatic N) is 1. The van der Waals surface area contributed by atoms with E-state index in [9.17, 15) is 4.21 Å². The Balaban J connectivity index is 3.15. The van der Waals surface area contributed by atoms with E-state index in [0.29, 0.717) is 22.8 Å². The molecule has 0 saturated carbocycles. The highest BCUT2D eigenvalue weighted by Crippen LogP contribution is 2.21. The van der Waals surface area contributed by atoms with E-state index >= 15 is 0 Å². The van der Waals surface area contributed by atoms with Crippen molar-refractivity contribution in [2.24, 2.45) is 0 Å². The summed E-state index contributed by atoms with van der Waals surface area (Å²) in [5.74, 6) is 0.503. The van der Waals surface area contributed by atoms with Crippen LogP contribution >= 0.6 is 0 Å². The molecule has 1 atom stereocenters. The lowest BCUT2D eigenvalue weighted by Gasteiger charge is -2.06. The zero-order valence-corrected chi connectivity index (χ0v) is 8.93. The Morgan fingerprint density at radius 2 is 2.29 bits per heavy atom. The summed E-state index contributed by atoms with van der Waals surface area (Å²) in [7, 11) is -1.04. The van der Waals surface area contributed by atoms with Crippen molar-refractivity contribution in [2.45, 2.75) is 11.8 Å². The molecule has 1 unspecified atom stereocenters. The third-order valence-electron chi connectivity index (χ3n) is 1.71. The van der Waals surface area contributed by atoms with Crippen molar-refractivity contribution in [3.8, 4) is 11.8 Å². The molecule has 4 heteroatoms. The molecule has 1 rings (SSSR count). The smallest absolute Gasteiger partial charge is 0.138 e. The Kier molecular flexibility index (Phi) is 3.66. The maximum atomic E-state index is 11.2. The summed E-state index contributed by atoms with van der Waals surface area (Å²) in [6.07, 6.45) is 1.59. The molecule has 0 bridgehead atoms. The number of ether oxygens (including phenoxy) is 1. The lowest BCUT2D eigenvalue weighted by molar-refractivity contribution is 0.338. The van der Waals surface area contributed by atoms with Crippen molar-refractivity contribution >= 4 is 10.8 Å². The SMILES string of the molecule is CCOc1cc(S(C)=O)ccc1C#N. The standard InChI is InChI=1S/C10H11NO2S/c1-3-13-10-6-9(14(2)12)5-4-8(10)7-11/h4-6H,3H2,1-2H3. The van der Waals surface area contributed by atoms with Gasteiger partial charge in [-0.1, -0.05) is 0 Å². The van der Waals surface area contributed by atoms with Gasteiger partial charge in [-0.2, -0.15) is 5.26 Å². The second kappa shape index (κ2) is 4.77. The van der Waals surface area contributed by atoms with E-state index in [0.717, 1.165) is 0 Å². The molecule has 0 aliphatic rings. The van der Waals surface area contributed by atoms with E-state index in [1.54, 1.807) is 24.5 Å². The fourth-order valence-electron chi connectivity index (χ4n) is 1.05. The lowest BCUT2D eigenvalue weighted by Crippen LogP contribution is -1.96. The van der Waals surface area contributed by atoms with Gasteiger partial charge in [0, 0.05) is 22.0 Å². The maximum absolute atomic E-state index is 11.2. The summed E-state index contributed by atoms with van der Waals surface area (Å²) in [6.45, 7) is 2.34. The predicted molar refractivity (Wildman–Crippen MR) is 54.7 cm³/mol. The van der Waals surface area contributed by atoms with Crippen LogP contribution in [-0.4, -0.2) is 17.1 Å². The lowest BCUT2D eigenvalue weighted by atomic mass is 10.2. The molecule has 14 heavy (non-hydrogen) atoms. The number of hydrogen-bond donors (Lipinski definition) is 0. The summed E-state index contributed by atoms with van der Waals surface area (Å²) in [6, 6.07) is 6.98. The molecule has 0 heterocycles. The first-order valence-electron chi connectivity index (χ1n) is 4.19. The molecule has 1 aromatic carbocycles. The molecule has 1 aromatic rings. The fourth-order valence-corrected chi connectivity index (χ4v) is 1.58. The third kappa shape index (κ3) is 2.33. The van der Waals surface area contributed by atoms with Gasteiger partial charge in [-0.15, -0.1) is 0 Å². The second-order valence-corrected chi connectivity index (χ2v) is 4.04. The van der Waals surface area contributed by atoms with Crippen molar-refractivity contribution in [1.82, 2.24) is 0 Å². The summed E-state index contributed by atoms with van der Waals surface area (Å²) in [5, 5.41) is 8.77. The van der Waals surface area contributed by atoms with Gasteiger partial charge in [0.25, 0.3) is 0 Å². The molecule has 3 nitrogen and oxygen atoms in total. The van der Waals surface area contributed by atoms with E-state index in [2.05, 4.69) is 0 Å². The van der Waals surface area contributed by atoms with Crippen molar-refractivity contribution < 1.29 is 8.95 Å². The van der Waals surface area contributed by atoms with Crippen LogP contribution in [0.2, 0.25) is 0 Å². The number of benzene rings is 1. The summed E-state index contributed by atoms with van der Waals surface area (Å²) >= 11 is 0. The van der Waals surface area contributed by atoms with E-state index in [1.165, 1.54) is 0 Å². The van der Waals surface area contributed by atoms with Gasteiger partial charge in [0.05, 0.1) is 12.2 Å². The van der Waals surface area contributed by atoms with Gasteiger partial charge in [-0.3, -0.25) is 4.21 Å². The zero-order chi connectivity index (χ0) is 10.6. The van der Waals surface area contributed by atoms with Crippen molar-refractivity contribution in [2.75, 3.05) is 12.9 Å². The molecule has 0 aliphatic heterocycles. The Labute approximate surface area is 85.8 Å². The van der Waals surface area contributed by atoms with Gasteiger partial charge in [0.1, 0.15) is 11.8 Å². The minimum Gasteiger partial charge on any atom is -0.492 e. The van der Waals surface area contributed by atoms with Crippen LogP contribution in [0, 0.1) is 11.3 Å². The third-order valence-corrected chi connectivity index (χ3v) is 2.62. The topological polar surface area (TPSA) is 50.1 Å². The molecule has 0 N–H and O–H groups in total. The van der Waals surface area contributed by atoms with Crippen LogP contribution in [0.4, 0.5) is 0 Å². The quantitative estimate of drug-likeness (QED) is 0.761. The van der Waals surface area contributed by atoms with Gasteiger partial charge >= 0.3 is 0 Å². The number of rotatable bonds is 3. The Hall–Kier alpha value is -1.34. The monoisotopic (exact) mass is 209 g/mol. The summed E-state index contributed by atoms with van der Waals surface area (Å²) in [4.78, 5) is 0.674. The average molecular weight is 209 g/mol. The molecule has 0 aliphatic carbocycles.